The summed E-state index contributed by atoms with van der Waals surface area (Å²) in [5.74, 6) is 2.64. The van der Waals surface area contributed by atoms with Crippen molar-refractivity contribution in [3.8, 4) is 22.6 Å². The van der Waals surface area contributed by atoms with Crippen LogP contribution in [-0.2, 0) is 11.3 Å². The number of carbonyl (C=O) groups excluding carboxylic acids is 1. The molecule has 0 N–H and O–H groups in total. The Bertz CT molecular complexity index is 1320. The molecular formula is C25H26N6O4. The normalized spacial score (nSPS) is 13.7. The first kappa shape index (κ1) is 22.5. The number of benzene rings is 2. The molecule has 1 aliphatic rings. The smallest absolute Gasteiger partial charge is 0.410 e. The van der Waals surface area contributed by atoms with Gasteiger partial charge in [0.2, 0.25) is 0 Å². The molecule has 0 spiro atoms. The van der Waals surface area contributed by atoms with E-state index < -0.39 is 0 Å². The summed E-state index contributed by atoms with van der Waals surface area (Å²) in [4.78, 5) is 25.3. The van der Waals surface area contributed by atoms with Gasteiger partial charge in [-0.05, 0) is 23.3 Å². The fraction of sp³-hybridized carbons (Fsp3) is 0.280. The molecule has 0 radical (unpaired) electrons. The molecule has 5 rings (SSSR count). The van der Waals surface area contributed by atoms with Gasteiger partial charge in [-0.25, -0.2) is 9.78 Å². The molecule has 0 saturated carbocycles. The van der Waals surface area contributed by atoms with Crippen LogP contribution >= 0.6 is 0 Å². The quantitative estimate of drug-likeness (QED) is 0.420. The number of piperazine rings is 1. The number of aromatic nitrogens is 4. The highest BCUT2D eigenvalue weighted by atomic mass is 16.6. The third-order valence-corrected chi connectivity index (χ3v) is 6.02. The average Bonchev–Trinajstić information content (AvgIpc) is 3.40. The summed E-state index contributed by atoms with van der Waals surface area (Å²) in [5, 5.41) is 4.41. The molecule has 10 nitrogen and oxygen atoms in total. The van der Waals surface area contributed by atoms with Gasteiger partial charge in [0.15, 0.2) is 11.5 Å². The highest BCUT2D eigenvalue weighted by Gasteiger charge is 2.26. The molecule has 180 valence electrons. The number of methoxy groups -OCH3 is 2. The second-order valence-electron chi connectivity index (χ2n) is 8.05. The van der Waals surface area contributed by atoms with Crippen LogP contribution in [0.5, 0.6) is 11.5 Å². The molecule has 2 aromatic carbocycles. The number of fused-ring (bicyclic) bond motifs is 1. The molecule has 35 heavy (non-hydrogen) atoms. The number of ether oxygens (including phenoxy) is 3. The van der Waals surface area contributed by atoms with Crippen LogP contribution < -0.4 is 14.4 Å². The summed E-state index contributed by atoms with van der Waals surface area (Å²) in [7, 11) is 3.22. The zero-order valence-corrected chi connectivity index (χ0v) is 19.6. The Hall–Kier alpha value is -4.34. The van der Waals surface area contributed by atoms with Gasteiger partial charge in [0, 0.05) is 37.9 Å². The van der Waals surface area contributed by atoms with Crippen molar-refractivity contribution in [1.29, 1.82) is 0 Å². The van der Waals surface area contributed by atoms with E-state index in [1.807, 2.05) is 48.5 Å². The van der Waals surface area contributed by atoms with Crippen molar-refractivity contribution in [2.45, 2.75) is 6.61 Å². The van der Waals surface area contributed by atoms with Gasteiger partial charge in [0.25, 0.3) is 5.78 Å². The first-order chi connectivity index (χ1) is 17.2. The minimum atomic E-state index is -0.311. The molecular weight excluding hydrogens is 448 g/mol. The first-order valence-electron chi connectivity index (χ1n) is 11.3. The molecule has 1 amide bonds. The van der Waals surface area contributed by atoms with Crippen molar-refractivity contribution in [1.82, 2.24) is 24.5 Å². The van der Waals surface area contributed by atoms with Gasteiger partial charge in [0.1, 0.15) is 18.8 Å². The molecule has 4 aromatic rings. The Morgan fingerprint density at radius 2 is 1.71 bits per heavy atom. The summed E-state index contributed by atoms with van der Waals surface area (Å²) in [6.07, 6.45) is 2.97. The summed E-state index contributed by atoms with van der Waals surface area (Å²) in [6.45, 7) is 2.53. The lowest BCUT2D eigenvalue weighted by Crippen LogP contribution is -2.49. The Morgan fingerprint density at radius 3 is 2.46 bits per heavy atom. The second kappa shape index (κ2) is 9.88. The van der Waals surface area contributed by atoms with E-state index in [-0.39, 0.29) is 12.7 Å². The number of nitrogens with zero attached hydrogens (tertiary/aromatic N) is 6. The van der Waals surface area contributed by atoms with Crippen LogP contribution in [0.25, 0.3) is 16.9 Å². The zero-order valence-electron chi connectivity index (χ0n) is 19.6. The maximum absolute atomic E-state index is 12.6. The largest absolute Gasteiger partial charge is 0.493 e. The van der Waals surface area contributed by atoms with E-state index in [9.17, 15) is 4.79 Å². The number of amides is 1. The maximum Gasteiger partial charge on any atom is 0.410 e. The number of carbonyl (C=O) groups is 1. The highest BCUT2D eigenvalue weighted by molar-refractivity contribution is 5.79. The molecule has 1 saturated heterocycles. The standard InChI is InChI=1S/C25H26N6O4/c1-33-21-9-8-19(14-22(21)34-2)20-15-26-24-27-17-28-31(24)23(20)29-10-12-30(13-11-29)25(32)35-16-18-6-4-3-5-7-18/h3-9,14-15,17H,10-13,16H2,1-2H3. The fourth-order valence-electron chi connectivity index (χ4n) is 4.19. The van der Waals surface area contributed by atoms with Gasteiger partial charge in [-0.2, -0.15) is 14.6 Å². The van der Waals surface area contributed by atoms with Crippen LogP contribution in [0.15, 0.2) is 61.1 Å². The van der Waals surface area contributed by atoms with Gasteiger partial charge >= 0.3 is 6.09 Å². The van der Waals surface area contributed by atoms with Crippen molar-refractivity contribution in [2.75, 3.05) is 45.3 Å². The van der Waals surface area contributed by atoms with Crippen molar-refractivity contribution in [3.05, 3.63) is 66.6 Å². The summed E-state index contributed by atoms with van der Waals surface area (Å²) >= 11 is 0. The van der Waals surface area contributed by atoms with Crippen LogP contribution in [0.4, 0.5) is 10.6 Å². The van der Waals surface area contributed by atoms with E-state index in [2.05, 4.69) is 20.0 Å². The molecule has 1 aliphatic heterocycles. The number of hydrogen-bond acceptors (Lipinski definition) is 8. The van der Waals surface area contributed by atoms with Gasteiger partial charge in [-0.1, -0.05) is 36.4 Å². The minimum absolute atomic E-state index is 0.257. The predicted octanol–water partition coefficient (Wildman–Crippen LogP) is 3.27. The third-order valence-electron chi connectivity index (χ3n) is 6.02. The maximum atomic E-state index is 12.6. The Balaban J connectivity index is 1.37. The molecule has 0 aliphatic carbocycles. The van der Waals surface area contributed by atoms with E-state index >= 15 is 0 Å². The van der Waals surface area contributed by atoms with Gasteiger partial charge < -0.3 is 24.0 Å². The van der Waals surface area contributed by atoms with Crippen LogP contribution in [0.3, 0.4) is 0 Å². The van der Waals surface area contributed by atoms with Crippen LogP contribution in [0, 0.1) is 0 Å². The molecule has 0 bridgehead atoms. The molecule has 3 heterocycles. The average molecular weight is 475 g/mol. The zero-order chi connectivity index (χ0) is 24.2. The molecule has 0 unspecified atom stereocenters. The summed E-state index contributed by atoms with van der Waals surface area (Å²) < 4.78 is 18.1. The highest BCUT2D eigenvalue weighted by Crippen LogP contribution is 2.36. The number of rotatable bonds is 6. The van der Waals surface area contributed by atoms with Gasteiger partial charge in [-0.15, -0.1) is 0 Å². The molecule has 2 aromatic heterocycles. The van der Waals surface area contributed by atoms with E-state index in [0.717, 1.165) is 22.5 Å². The molecule has 1 fully saturated rings. The summed E-state index contributed by atoms with van der Waals surface area (Å²) in [6, 6.07) is 15.4. The van der Waals surface area contributed by atoms with Crippen molar-refractivity contribution >= 4 is 17.7 Å². The first-order valence-corrected chi connectivity index (χ1v) is 11.3. The lowest BCUT2D eigenvalue weighted by molar-refractivity contribution is 0.0941. The van der Waals surface area contributed by atoms with E-state index in [1.54, 1.807) is 29.8 Å². The van der Waals surface area contributed by atoms with Crippen LogP contribution in [0.1, 0.15) is 5.56 Å². The number of hydrogen-bond donors (Lipinski definition) is 0. The molecule has 10 heteroatoms. The van der Waals surface area contributed by atoms with E-state index in [0.29, 0.717) is 43.5 Å². The SMILES string of the molecule is COc1ccc(-c2cnc3ncnn3c2N2CCN(C(=O)OCc3ccccc3)CC2)cc1OC. The van der Waals surface area contributed by atoms with E-state index in [4.69, 9.17) is 14.2 Å². The number of anilines is 1. The predicted molar refractivity (Wildman–Crippen MR) is 130 cm³/mol. The minimum Gasteiger partial charge on any atom is -0.493 e. The van der Waals surface area contributed by atoms with E-state index in [1.165, 1.54) is 6.33 Å². The Kier molecular flexibility index (Phi) is 6.34. The lowest BCUT2D eigenvalue weighted by atomic mass is 10.1. The summed E-state index contributed by atoms with van der Waals surface area (Å²) in [5.41, 5.74) is 2.75. The van der Waals surface area contributed by atoms with Gasteiger partial charge in [-0.3, -0.25) is 0 Å². The Labute approximate surface area is 202 Å². The third kappa shape index (κ3) is 4.54. The van der Waals surface area contributed by atoms with Crippen molar-refractivity contribution in [3.63, 3.8) is 0 Å². The lowest BCUT2D eigenvalue weighted by Gasteiger charge is -2.36. The van der Waals surface area contributed by atoms with Gasteiger partial charge in [0.05, 0.1) is 14.2 Å². The fourth-order valence-corrected chi connectivity index (χ4v) is 4.19. The van der Waals surface area contributed by atoms with Crippen LogP contribution in [-0.4, -0.2) is 71.0 Å². The molecule has 0 atom stereocenters. The van der Waals surface area contributed by atoms with Crippen LogP contribution in [0.2, 0.25) is 0 Å². The van der Waals surface area contributed by atoms with Crippen molar-refractivity contribution in [2.24, 2.45) is 0 Å². The topological polar surface area (TPSA) is 94.3 Å². The monoisotopic (exact) mass is 474 g/mol. The second-order valence-corrected chi connectivity index (χ2v) is 8.05. The Morgan fingerprint density at radius 1 is 0.943 bits per heavy atom. The van der Waals surface area contributed by atoms with Crippen molar-refractivity contribution < 1.29 is 19.0 Å².